The van der Waals surface area contributed by atoms with Crippen LogP contribution in [0, 0.1) is 22.0 Å². The van der Waals surface area contributed by atoms with Gasteiger partial charge < -0.3 is 10.2 Å². The lowest BCUT2D eigenvalue weighted by molar-refractivity contribution is -0.388. The van der Waals surface area contributed by atoms with Gasteiger partial charge in [-0.25, -0.2) is 0 Å². The van der Waals surface area contributed by atoms with Gasteiger partial charge in [0.05, 0.1) is 10.6 Å². The number of nitro benzene ring substituents is 1. The maximum atomic E-state index is 13.2. The molecule has 0 aliphatic heterocycles. The average molecular weight is 366 g/mol. The van der Waals surface area contributed by atoms with Gasteiger partial charge in [-0.2, -0.15) is 13.2 Å². The third kappa shape index (κ3) is 1.77. The van der Waals surface area contributed by atoms with E-state index in [9.17, 15) is 33.5 Å². The third-order valence-corrected chi connectivity index (χ3v) is 6.11. The molecule has 2 saturated carbocycles. The van der Waals surface area contributed by atoms with Crippen LogP contribution in [0.2, 0.25) is 0 Å². The van der Waals surface area contributed by atoms with Gasteiger partial charge in [-0.1, -0.05) is 0 Å². The molecule has 0 spiro atoms. The van der Waals surface area contributed by atoms with Crippen molar-refractivity contribution >= 4 is 5.69 Å². The van der Waals surface area contributed by atoms with Crippen molar-refractivity contribution in [1.82, 2.24) is 4.57 Å². The number of benzene rings is 1. The Morgan fingerprint density at radius 3 is 2.15 bits per heavy atom. The summed E-state index contributed by atoms with van der Waals surface area (Å²) >= 11 is 0. The van der Waals surface area contributed by atoms with E-state index >= 15 is 0 Å². The molecule has 0 amide bonds. The molecule has 9 heteroatoms. The first-order valence-corrected chi connectivity index (χ1v) is 8.22. The second-order valence-electron chi connectivity index (χ2n) is 7.28. The zero-order valence-corrected chi connectivity index (χ0v) is 13.2. The Morgan fingerprint density at radius 2 is 1.65 bits per heavy atom. The summed E-state index contributed by atoms with van der Waals surface area (Å²) in [5, 5.41) is 32.1. The van der Waals surface area contributed by atoms with Crippen molar-refractivity contribution in [3.05, 3.63) is 45.0 Å². The number of hydrogen-bond acceptors (Lipinski definition) is 4. The van der Waals surface area contributed by atoms with Gasteiger partial charge >= 0.3 is 6.18 Å². The number of halogens is 3. The SMILES string of the molecule is O=[N+]([O-])c1ccc(-n2c(O)c3c(c2O)[C@@H]2C[C@H]3C3CC32)cc1C(F)(F)F. The van der Waals surface area contributed by atoms with Gasteiger partial charge in [-0.05, 0) is 48.6 Å². The summed E-state index contributed by atoms with van der Waals surface area (Å²) in [4.78, 5) is 9.80. The molecule has 5 rings (SSSR count). The Balaban J connectivity index is 1.69. The predicted molar refractivity (Wildman–Crippen MR) is 82.5 cm³/mol. The van der Waals surface area contributed by atoms with Gasteiger partial charge in [0.1, 0.15) is 5.56 Å². The highest BCUT2D eigenvalue weighted by atomic mass is 19.4. The van der Waals surface area contributed by atoms with Crippen LogP contribution in [0.25, 0.3) is 5.69 Å². The molecule has 3 aliphatic rings. The van der Waals surface area contributed by atoms with E-state index in [4.69, 9.17) is 0 Å². The van der Waals surface area contributed by atoms with Gasteiger partial charge in [0, 0.05) is 17.2 Å². The molecule has 1 heterocycles. The molecule has 6 nitrogen and oxygen atoms in total. The highest BCUT2D eigenvalue weighted by molar-refractivity contribution is 5.62. The van der Waals surface area contributed by atoms with E-state index in [1.54, 1.807) is 0 Å². The molecule has 0 saturated heterocycles. The van der Waals surface area contributed by atoms with Crippen LogP contribution in [0.3, 0.4) is 0 Å². The number of aromatic hydroxyl groups is 2. The Hall–Kier alpha value is -2.71. The fraction of sp³-hybridized carbons (Fsp3) is 0.412. The zero-order valence-electron chi connectivity index (χ0n) is 13.2. The fourth-order valence-electron chi connectivity index (χ4n) is 5.06. The molecule has 26 heavy (non-hydrogen) atoms. The van der Waals surface area contributed by atoms with Crippen molar-refractivity contribution < 1.29 is 28.3 Å². The monoisotopic (exact) mass is 366 g/mol. The molecule has 1 aromatic heterocycles. The van der Waals surface area contributed by atoms with Gasteiger partial charge in [0.2, 0.25) is 11.8 Å². The van der Waals surface area contributed by atoms with Crippen molar-refractivity contribution in [2.24, 2.45) is 11.8 Å². The highest BCUT2D eigenvalue weighted by Crippen LogP contribution is 2.74. The van der Waals surface area contributed by atoms with E-state index in [-0.39, 0.29) is 29.3 Å². The molecule has 0 radical (unpaired) electrons. The van der Waals surface area contributed by atoms with Crippen LogP contribution >= 0.6 is 0 Å². The van der Waals surface area contributed by atoms with Crippen LogP contribution in [-0.4, -0.2) is 19.7 Å². The van der Waals surface area contributed by atoms with Gasteiger partial charge in [-0.3, -0.25) is 14.7 Å². The first kappa shape index (κ1) is 15.5. The van der Waals surface area contributed by atoms with Crippen molar-refractivity contribution in [1.29, 1.82) is 0 Å². The predicted octanol–water partition coefficient (Wildman–Crippen LogP) is 4.04. The zero-order chi connectivity index (χ0) is 18.5. The van der Waals surface area contributed by atoms with Crippen LogP contribution in [0.4, 0.5) is 18.9 Å². The lowest BCUT2D eigenvalue weighted by atomic mass is 9.95. The summed E-state index contributed by atoms with van der Waals surface area (Å²) < 4.78 is 40.6. The second kappa shape index (κ2) is 4.52. The van der Waals surface area contributed by atoms with E-state index in [1.807, 2.05) is 0 Å². The van der Waals surface area contributed by atoms with Crippen LogP contribution < -0.4 is 0 Å². The number of aromatic nitrogens is 1. The van der Waals surface area contributed by atoms with Gasteiger partial charge in [-0.15, -0.1) is 0 Å². The molecule has 2 aromatic rings. The average Bonchev–Trinajstić information content (AvgIpc) is 3.07. The number of rotatable bonds is 2. The smallest absolute Gasteiger partial charge is 0.423 e. The first-order valence-electron chi connectivity index (χ1n) is 8.22. The van der Waals surface area contributed by atoms with Gasteiger partial charge in [0.25, 0.3) is 5.69 Å². The number of alkyl halides is 3. The lowest BCUT2D eigenvalue weighted by Gasteiger charge is -2.13. The van der Waals surface area contributed by atoms with E-state index < -0.39 is 22.4 Å². The minimum absolute atomic E-state index is 0.132. The second-order valence-corrected chi connectivity index (χ2v) is 7.28. The molecule has 2 unspecified atom stereocenters. The van der Waals surface area contributed by atoms with Crippen molar-refractivity contribution in [2.75, 3.05) is 0 Å². The number of hydrogen-bond donors (Lipinski definition) is 2. The van der Waals surface area contributed by atoms with Crippen LogP contribution in [0.15, 0.2) is 18.2 Å². The summed E-state index contributed by atoms with van der Waals surface area (Å²) in [6, 6.07) is 2.44. The molecule has 2 fully saturated rings. The van der Waals surface area contributed by atoms with Crippen LogP contribution in [-0.2, 0) is 6.18 Å². The fourth-order valence-corrected chi connectivity index (χ4v) is 5.06. The summed E-state index contributed by atoms with van der Waals surface area (Å²) in [5.41, 5.74) is -1.39. The highest BCUT2D eigenvalue weighted by Gasteiger charge is 2.62. The molecular formula is C17H13F3N2O4. The van der Waals surface area contributed by atoms with E-state index in [2.05, 4.69) is 0 Å². The number of nitro groups is 1. The maximum Gasteiger partial charge on any atom is 0.423 e. The van der Waals surface area contributed by atoms with Crippen molar-refractivity contribution in [2.45, 2.75) is 30.9 Å². The van der Waals surface area contributed by atoms with E-state index in [1.165, 1.54) is 0 Å². The quantitative estimate of drug-likeness (QED) is 0.620. The summed E-state index contributed by atoms with van der Waals surface area (Å²) in [5.74, 6) is 0.696. The minimum atomic E-state index is -4.93. The van der Waals surface area contributed by atoms with Gasteiger partial charge in [0.15, 0.2) is 0 Å². The molecular weight excluding hydrogens is 353 g/mol. The minimum Gasteiger partial charge on any atom is -0.494 e. The molecule has 4 atom stereocenters. The largest absolute Gasteiger partial charge is 0.494 e. The standard InChI is InChI=1S/C17H13F3N2O4/c18-17(19,20)11-3-6(1-2-12(11)22(25)26)21-15(23)13-9-5-10(8-4-7(8)9)14(13)16(21)24/h1-3,7-10,23-24H,4-5H2/t7?,8?,9-,10+. The van der Waals surface area contributed by atoms with Crippen LogP contribution in [0.5, 0.6) is 11.8 Å². The van der Waals surface area contributed by atoms with Crippen LogP contribution in [0.1, 0.15) is 41.4 Å². The van der Waals surface area contributed by atoms with E-state index in [0.29, 0.717) is 29.0 Å². The lowest BCUT2D eigenvalue weighted by Crippen LogP contribution is -2.10. The third-order valence-electron chi connectivity index (χ3n) is 6.11. The molecule has 1 aromatic carbocycles. The first-order chi connectivity index (χ1) is 12.2. The molecule has 3 aliphatic carbocycles. The van der Waals surface area contributed by atoms with E-state index in [0.717, 1.165) is 29.5 Å². The van der Waals surface area contributed by atoms with Crippen molar-refractivity contribution in [3.8, 4) is 17.4 Å². The summed E-state index contributed by atoms with van der Waals surface area (Å²) in [6.45, 7) is 0. The summed E-state index contributed by atoms with van der Waals surface area (Å²) in [6.07, 6.45) is -3.02. The number of nitrogens with zero attached hydrogens (tertiary/aromatic N) is 2. The number of fused-ring (bicyclic) bond motifs is 8. The maximum absolute atomic E-state index is 13.2. The molecule has 2 bridgehead atoms. The Morgan fingerprint density at radius 1 is 1.08 bits per heavy atom. The normalized spacial score (nSPS) is 28.1. The summed E-state index contributed by atoms with van der Waals surface area (Å²) in [7, 11) is 0. The van der Waals surface area contributed by atoms with Crippen molar-refractivity contribution in [3.63, 3.8) is 0 Å². The molecule has 2 N–H and O–H groups in total. The Kier molecular flexibility index (Phi) is 2.70. The molecule has 136 valence electrons. The topological polar surface area (TPSA) is 88.5 Å². The Labute approximate surface area is 144 Å². The Bertz CT molecular complexity index is 944.